The Hall–Kier alpha value is -1.97. The number of hydrogen-bond acceptors (Lipinski definition) is 3. The molecule has 0 aliphatic heterocycles. The van der Waals surface area contributed by atoms with Gasteiger partial charge in [0, 0.05) is 30.2 Å². The van der Waals surface area contributed by atoms with E-state index in [9.17, 15) is 0 Å². The van der Waals surface area contributed by atoms with Crippen LogP contribution in [0.1, 0.15) is 11.3 Å². The largest absolute Gasteiger partial charge is 0.307 e. The minimum absolute atomic E-state index is 0.553. The van der Waals surface area contributed by atoms with E-state index < -0.39 is 0 Å². The van der Waals surface area contributed by atoms with Crippen molar-refractivity contribution in [3.63, 3.8) is 0 Å². The maximum absolute atomic E-state index is 6.22. The molecule has 0 aliphatic rings. The van der Waals surface area contributed by atoms with Gasteiger partial charge in [0.05, 0.1) is 11.2 Å². The second-order valence-corrected chi connectivity index (χ2v) is 4.91. The highest BCUT2D eigenvalue weighted by Crippen LogP contribution is 2.20. The smallest absolute Gasteiger partial charge is 0.134 e. The fourth-order valence-corrected chi connectivity index (χ4v) is 2.30. The van der Waals surface area contributed by atoms with E-state index in [0.717, 1.165) is 22.2 Å². The molecule has 0 fully saturated rings. The van der Waals surface area contributed by atoms with E-state index in [0.29, 0.717) is 18.2 Å². The zero-order chi connectivity index (χ0) is 13.8. The lowest BCUT2D eigenvalue weighted by molar-refractivity contribution is 0.679. The number of fused-ring (bicyclic) bond motifs is 1. The summed E-state index contributed by atoms with van der Waals surface area (Å²) in [6.07, 6.45) is 1.79. The number of rotatable bonds is 4. The number of halogens is 1. The number of para-hydroxylation sites is 1. The maximum atomic E-state index is 6.22. The van der Waals surface area contributed by atoms with Crippen LogP contribution in [0.2, 0.25) is 5.15 Å². The molecule has 0 amide bonds. The second kappa shape index (κ2) is 5.99. The molecule has 20 heavy (non-hydrogen) atoms. The van der Waals surface area contributed by atoms with Gasteiger partial charge < -0.3 is 5.32 Å². The Kier molecular flexibility index (Phi) is 3.90. The second-order valence-electron chi connectivity index (χ2n) is 4.56. The van der Waals surface area contributed by atoms with Gasteiger partial charge in [-0.25, -0.2) is 4.98 Å². The van der Waals surface area contributed by atoms with E-state index >= 15 is 0 Å². The van der Waals surface area contributed by atoms with Gasteiger partial charge >= 0.3 is 0 Å². The van der Waals surface area contributed by atoms with Crippen LogP contribution in [0.4, 0.5) is 0 Å². The fourth-order valence-electron chi connectivity index (χ4n) is 2.09. The predicted molar refractivity (Wildman–Crippen MR) is 81.5 cm³/mol. The molecule has 1 N–H and O–H groups in total. The number of aromatic nitrogens is 2. The molecule has 3 nitrogen and oxygen atoms in total. The SMILES string of the molecule is Clc1nc2ccccc2cc1CNCc1ccccn1. The van der Waals surface area contributed by atoms with Crippen molar-refractivity contribution in [1.29, 1.82) is 0 Å². The molecule has 0 spiro atoms. The Morgan fingerprint density at radius 3 is 2.70 bits per heavy atom. The number of benzene rings is 1. The number of nitrogens with zero attached hydrogens (tertiary/aromatic N) is 2. The Morgan fingerprint density at radius 1 is 1.00 bits per heavy atom. The summed E-state index contributed by atoms with van der Waals surface area (Å²) in [5.41, 5.74) is 2.93. The first kappa shape index (κ1) is 13.0. The minimum Gasteiger partial charge on any atom is -0.307 e. The van der Waals surface area contributed by atoms with Gasteiger partial charge in [0.2, 0.25) is 0 Å². The molecule has 0 aliphatic carbocycles. The van der Waals surface area contributed by atoms with Crippen molar-refractivity contribution in [3.8, 4) is 0 Å². The molecular formula is C16H14ClN3. The van der Waals surface area contributed by atoms with Crippen LogP contribution in [-0.4, -0.2) is 9.97 Å². The fraction of sp³-hybridized carbons (Fsp3) is 0.125. The Bertz CT molecular complexity index is 713. The van der Waals surface area contributed by atoms with Crippen LogP contribution in [0.15, 0.2) is 54.7 Å². The van der Waals surface area contributed by atoms with E-state index in [-0.39, 0.29) is 0 Å². The first-order valence-electron chi connectivity index (χ1n) is 6.48. The molecule has 3 rings (SSSR count). The molecule has 0 radical (unpaired) electrons. The summed E-state index contributed by atoms with van der Waals surface area (Å²) in [6.45, 7) is 1.39. The maximum Gasteiger partial charge on any atom is 0.134 e. The number of hydrogen-bond donors (Lipinski definition) is 1. The van der Waals surface area contributed by atoms with Crippen LogP contribution >= 0.6 is 11.6 Å². The van der Waals surface area contributed by atoms with Crippen LogP contribution in [0.3, 0.4) is 0 Å². The third-order valence-electron chi connectivity index (χ3n) is 3.10. The molecule has 0 saturated carbocycles. The van der Waals surface area contributed by atoms with E-state index in [1.165, 1.54) is 0 Å². The van der Waals surface area contributed by atoms with Gasteiger partial charge in [0.15, 0.2) is 0 Å². The zero-order valence-corrected chi connectivity index (χ0v) is 11.6. The topological polar surface area (TPSA) is 37.8 Å². The minimum atomic E-state index is 0.553. The van der Waals surface area contributed by atoms with Crippen LogP contribution in [0.25, 0.3) is 10.9 Å². The molecule has 4 heteroatoms. The molecule has 2 aromatic heterocycles. The summed E-state index contributed by atoms with van der Waals surface area (Å²) < 4.78 is 0. The van der Waals surface area contributed by atoms with E-state index in [2.05, 4.69) is 21.4 Å². The molecule has 0 atom stereocenters. The first-order valence-corrected chi connectivity index (χ1v) is 6.85. The van der Waals surface area contributed by atoms with Crippen LogP contribution < -0.4 is 5.32 Å². The quantitative estimate of drug-likeness (QED) is 0.744. The molecule has 1 aromatic carbocycles. The summed E-state index contributed by atoms with van der Waals surface area (Å²) in [7, 11) is 0. The van der Waals surface area contributed by atoms with Crippen molar-refractivity contribution in [2.45, 2.75) is 13.1 Å². The highest BCUT2D eigenvalue weighted by molar-refractivity contribution is 6.30. The summed E-state index contributed by atoms with van der Waals surface area (Å²) in [6, 6.07) is 15.9. The van der Waals surface area contributed by atoms with Gasteiger partial charge in [-0.05, 0) is 24.3 Å². The lowest BCUT2D eigenvalue weighted by atomic mass is 10.1. The Labute approximate surface area is 122 Å². The molecule has 0 saturated heterocycles. The van der Waals surface area contributed by atoms with Crippen molar-refractivity contribution in [2.75, 3.05) is 0 Å². The van der Waals surface area contributed by atoms with Gasteiger partial charge in [0.25, 0.3) is 0 Å². The molecule has 0 unspecified atom stereocenters. The number of nitrogens with one attached hydrogen (secondary N) is 1. The van der Waals surface area contributed by atoms with Gasteiger partial charge in [-0.1, -0.05) is 35.9 Å². The lowest BCUT2D eigenvalue weighted by Gasteiger charge is -2.07. The van der Waals surface area contributed by atoms with Crippen molar-refractivity contribution >= 4 is 22.5 Å². The molecule has 100 valence electrons. The Morgan fingerprint density at radius 2 is 1.85 bits per heavy atom. The first-order chi connectivity index (χ1) is 9.83. The third kappa shape index (κ3) is 2.95. The van der Waals surface area contributed by atoms with Crippen molar-refractivity contribution in [2.24, 2.45) is 0 Å². The van der Waals surface area contributed by atoms with Crippen LogP contribution in [0.5, 0.6) is 0 Å². The zero-order valence-electron chi connectivity index (χ0n) is 10.9. The summed E-state index contributed by atoms with van der Waals surface area (Å²) in [5.74, 6) is 0. The van der Waals surface area contributed by atoms with E-state index in [1.54, 1.807) is 6.20 Å². The van der Waals surface area contributed by atoms with Gasteiger partial charge in [-0.2, -0.15) is 0 Å². The monoisotopic (exact) mass is 283 g/mol. The highest BCUT2D eigenvalue weighted by atomic mass is 35.5. The van der Waals surface area contributed by atoms with E-state index in [4.69, 9.17) is 11.6 Å². The molecular weight excluding hydrogens is 270 g/mol. The molecule has 0 bridgehead atoms. The van der Waals surface area contributed by atoms with E-state index in [1.807, 2.05) is 42.5 Å². The van der Waals surface area contributed by atoms with Gasteiger partial charge in [-0.3, -0.25) is 4.98 Å². The normalized spacial score (nSPS) is 10.8. The summed E-state index contributed by atoms with van der Waals surface area (Å²) in [4.78, 5) is 8.68. The van der Waals surface area contributed by atoms with Crippen molar-refractivity contribution in [3.05, 3.63) is 71.1 Å². The van der Waals surface area contributed by atoms with Crippen molar-refractivity contribution < 1.29 is 0 Å². The standard InChI is InChI=1S/C16H14ClN3/c17-16-13(9-12-5-1-2-7-15(12)20-16)10-18-11-14-6-3-4-8-19-14/h1-9,18H,10-11H2. The van der Waals surface area contributed by atoms with Gasteiger partial charge in [-0.15, -0.1) is 0 Å². The average Bonchev–Trinajstić information content (AvgIpc) is 2.49. The van der Waals surface area contributed by atoms with Crippen LogP contribution in [0, 0.1) is 0 Å². The van der Waals surface area contributed by atoms with Crippen molar-refractivity contribution in [1.82, 2.24) is 15.3 Å². The molecule has 2 heterocycles. The summed E-state index contributed by atoms with van der Waals surface area (Å²) in [5, 5.41) is 4.99. The average molecular weight is 284 g/mol. The highest BCUT2D eigenvalue weighted by Gasteiger charge is 2.04. The Balaban J connectivity index is 1.72. The summed E-state index contributed by atoms with van der Waals surface area (Å²) >= 11 is 6.22. The van der Waals surface area contributed by atoms with Crippen LogP contribution in [-0.2, 0) is 13.1 Å². The lowest BCUT2D eigenvalue weighted by Crippen LogP contribution is -2.14. The molecule has 3 aromatic rings. The predicted octanol–water partition coefficient (Wildman–Crippen LogP) is 3.57. The third-order valence-corrected chi connectivity index (χ3v) is 3.43. The van der Waals surface area contributed by atoms with Gasteiger partial charge in [0.1, 0.15) is 5.15 Å². The number of pyridine rings is 2.